The fourth-order valence-corrected chi connectivity index (χ4v) is 4.16. The third-order valence-corrected chi connectivity index (χ3v) is 6.15. The second kappa shape index (κ2) is 12.4. The molecule has 2 aromatic carbocycles. The van der Waals surface area contributed by atoms with Crippen LogP contribution in [0.3, 0.4) is 0 Å². The zero-order chi connectivity index (χ0) is 24.5. The molecule has 0 aliphatic carbocycles. The first-order valence-corrected chi connectivity index (χ1v) is 12.1. The van der Waals surface area contributed by atoms with E-state index < -0.39 is 0 Å². The summed E-state index contributed by atoms with van der Waals surface area (Å²) in [6.07, 6.45) is 1.83. The van der Waals surface area contributed by atoms with E-state index in [0.717, 1.165) is 57.4 Å². The largest absolute Gasteiger partial charge is 0.497 e. The van der Waals surface area contributed by atoms with Gasteiger partial charge in [0.15, 0.2) is 0 Å². The first-order valence-electron chi connectivity index (χ1n) is 12.1. The Hall–Kier alpha value is -3.29. The summed E-state index contributed by atoms with van der Waals surface area (Å²) in [7, 11) is 5.83. The topological polar surface area (TPSA) is 50.3 Å². The van der Waals surface area contributed by atoms with Crippen LogP contribution in [-0.4, -0.2) is 70.5 Å². The van der Waals surface area contributed by atoms with E-state index in [1.165, 1.54) is 16.8 Å². The van der Waals surface area contributed by atoms with Gasteiger partial charge in [0, 0.05) is 70.5 Å². The van der Waals surface area contributed by atoms with E-state index in [1.54, 1.807) is 7.11 Å². The normalized spacial score (nSPS) is 13.9. The number of benzene rings is 2. The lowest BCUT2D eigenvalue weighted by molar-refractivity contribution is 0.0320. The van der Waals surface area contributed by atoms with E-state index in [9.17, 15) is 0 Å². The van der Waals surface area contributed by atoms with Crippen LogP contribution < -0.4 is 19.3 Å². The van der Waals surface area contributed by atoms with Crippen LogP contribution >= 0.6 is 0 Å². The lowest BCUT2D eigenvalue weighted by Gasteiger charge is -2.27. The minimum atomic E-state index is 0.608. The molecule has 1 aromatic heterocycles. The molecule has 2 heterocycles. The Morgan fingerprint density at radius 2 is 1.66 bits per heavy atom. The van der Waals surface area contributed by atoms with Crippen molar-refractivity contribution in [2.45, 2.75) is 13.1 Å². The van der Waals surface area contributed by atoms with Crippen LogP contribution in [0.25, 0.3) is 0 Å². The number of hydrogen-bond donors (Lipinski definition) is 0. The Balaban J connectivity index is 1.51. The van der Waals surface area contributed by atoms with Crippen molar-refractivity contribution in [1.29, 1.82) is 0 Å². The summed E-state index contributed by atoms with van der Waals surface area (Å²) in [5, 5.41) is 0. The van der Waals surface area contributed by atoms with Crippen molar-refractivity contribution in [3.05, 3.63) is 78.0 Å². The van der Waals surface area contributed by atoms with Crippen molar-refractivity contribution >= 4 is 11.4 Å². The number of rotatable bonds is 11. The second-order valence-corrected chi connectivity index (χ2v) is 8.93. The van der Waals surface area contributed by atoms with Crippen LogP contribution in [0.15, 0.2) is 66.9 Å². The van der Waals surface area contributed by atoms with Gasteiger partial charge in [0.05, 0.1) is 20.3 Å². The molecule has 7 nitrogen and oxygen atoms in total. The molecule has 1 aliphatic heterocycles. The molecule has 0 unspecified atom stereocenters. The molecule has 0 atom stereocenters. The SMILES string of the molecule is COc1cccc(CN(Cc2cccc(N(C)C)c2)c2ccnc(OCCN3CCOCC3)c2)c1. The zero-order valence-electron chi connectivity index (χ0n) is 21.0. The van der Waals surface area contributed by atoms with Gasteiger partial charge in [0.2, 0.25) is 5.88 Å². The van der Waals surface area contributed by atoms with E-state index in [0.29, 0.717) is 12.5 Å². The maximum absolute atomic E-state index is 6.04. The molecule has 3 aromatic rings. The van der Waals surface area contributed by atoms with Crippen molar-refractivity contribution in [1.82, 2.24) is 9.88 Å². The summed E-state index contributed by atoms with van der Waals surface area (Å²) in [4.78, 5) is 11.3. The molecule has 1 saturated heterocycles. The van der Waals surface area contributed by atoms with Crippen LogP contribution in [0.4, 0.5) is 11.4 Å². The molecule has 0 saturated carbocycles. The molecule has 0 radical (unpaired) electrons. The van der Waals surface area contributed by atoms with Crippen LogP contribution in [0, 0.1) is 0 Å². The molecular weight excluding hydrogens is 440 g/mol. The smallest absolute Gasteiger partial charge is 0.215 e. The second-order valence-electron chi connectivity index (χ2n) is 8.93. The van der Waals surface area contributed by atoms with Gasteiger partial charge >= 0.3 is 0 Å². The van der Waals surface area contributed by atoms with Gasteiger partial charge in [-0.25, -0.2) is 4.98 Å². The number of aromatic nitrogens is 1. The number of pyridine rings is 1. The van der Waals surface area contributed by atoms with Gasteiger partial charge in [-0.15, -0.1) is 0 Å². The predicted octanol–water partition coefficient (Wildman–Crippen LogP) is 4.07. The van der Waals surface area contributed by atoms with Gasteiger partial charge in [0.25, 0.3) is 0 Å². The maximum atomic E-state index is 6.04. The van der Waals surface area contributed by atoms with Gasteiger partial charge < -0.3 is 24.0 Å². The Kier molecular flexibility index (Phi) is 8.81. The van der Waals surface area contributed by atoms with Crippen molar-refractivity contribution in [2.75, 3.05) is 70.5 Å². The Morgan fingerprint density at radius 1 is 0.914 bits per heavy atom. The highest BCUT2D eigenvalue weighted by Crippen LogP contribution is 2.25. The molecule has 0 bridgehead atoms. The third kappa shape index (κ3) is 7.34. The quantitative estimate of drug-likeness (QED) is 0.413. The lowest BCUT2D eigenvalue weighted by Crippen LogP contribution is -2.38. The molecular formula is C28H36N4O3. The van der Waals surface area contributed by atoms with Crippen molar-refractivity contribution in [3.63, 3.8) is 0 Å². The van der Waals surface area contributed by atoms with E-state index in [4.69, 9.17) is 14.2 Å². The van der Waals surface area contributed by atoms with Crippen molar-refractivity contribution < 1.29 is 14.2 Å². The molecule has 4 rings (SSSR count). The van der Waals surface area contributed by atoms with Gasteiger partial charge in [0.1, 0.15) is 12.4 Å². The number of hydrogen-bond acceptors (Lipinski definition) is 7. The Labute approximate surface area is 208 Å². The van der Waals surface area contributed by atoms with E-state index in [2.05, 4.69) is 70.2 Å². The standard InChI is InChI=1S/C28H36N4O3/c1-30(2)25-8-4-6-23(18-25)21-32(22-24-7-5-9-27(19-24)33-3)26-10-11-29-28(20-26)35-17-14-31-12-15-34-16-13-31/h4-11,18-20H,12-17,21-22H2,1-3H3. The fourth-order valence-electron chi connectivity index (χ4n) is 4.16. The average Bonchev–Trinajstić information content (AvgIpc) is 2.89. The highest BCUT2D eigenvalue weighted by Gasteiger charge is 2.13. The summed E-state index contributed by atoms with van der Waals surface area (Å²) >= 11 is 0. The summed E-state index contributed by atoms with van der Waals surface area (Å²) < 4.78 is 16.9. The van der Waals surface area contributed by atoms with Crippen LogP contribution in [0.2, 0.25) is 0 Å². The monoisotopic (exact) mass is 476 g/mol. The Bertz CT molecular complexity index is 1070. The van der Waals surface area contributed by atoms with Gasteiger partial charge in [-0.3, -0.25) is 4.90 Å². The number of morpholine rings is 1. The number of nitrogens with zero attached hydrogens (tertiary/aromatic N) is 4. The van der Waals surface area contributed by atoms with Crippen LogP contribution in [0.1, 0.15) is 11.1 Å². The predicted molar refractivity (Wildman–Crippen MR) is 141 cm³/mol. The zero-order valence-corrected chi connectivity index (χ0v) is 21.0. The fraction of sp³-hybridized carbons (Fsp3) is 0.393. The van der Waals surface area contributed by atoms with Crippen LogP contribution in [0.5, 0.6) is 11.6 Å². The summed E-state index contributed by atoms with van der Waals surface area (Å²) in [6, 6.07) is 21.0. The minimum Gasteiger partial charge on any atom is -0.497 e. The number of methoxy groups -OCH3 is 1. The van der Waals surface area contributed by atoms with E-state index >= 15 is 0 Å². The molecule has 0 N–H and O–H groups in total. The highest BCUT2D eigenvalue weighted by atomic mass is 16.5. The molecule has 1 fully saturated rings. The third-order valence-electron chi connectivity index (χ3n) is 6.15. The van der Waals surface area contributed by atoms with Crippen molar-refractivity contribution in [2.24, 2.45) is 0 Å². The van der Waals surface area contributed by atoms with Gasteiger partial charge in [-0.2, -0.15) is 0 Å². The van der Waals surface area contributed by atoms with Gasteiger partial charge in [-0.1, -0.05) is 24.3 Å². The van der Waals surface area contributed by atoms with Crippen molar-refractivity contribution in [3.8, 4) is 11.6 Å². The van der Waals surface area contributed by atoms with E-state index in [-0.39, 0.29) is 0 Å². The molecule has 7 heteroatoms. The molecule has 0 amide bonds. The first-order chi connectivity index (χ1) is 17.1. The number of anilines is 2. The number of ether oxygens (including phenoxy) is 3. The molecule has 1 aliphatic rings. The maximum Gasteiger partial charge on any atom is 0.215 e. The highest BCUT2D eigenvalue weighted by molar-refractivity contribution is 5.52. The summed E-state index contributed by atoms with van der Waals surface area (Å²) in [5.74, 6) is 1.51. The van der Waals surface area contributed by atoms with Crippen LogP contribution in [-0.2, 0) is 17.8 Å². The minimum absolute atomic E-state index is 0.608. The lowest BCUT2D eigenvalue weighted by atomic mass is 10.1. The first kappa shape index (κ1) is 24.8. The summed E-state index contributed by atoms with van der Waals surface area (Å²) in [6.45, 7) is 6.48. The molecule has 0 spiro atoms. The van der Waals surface area contributed by atoms with E-state index in [1.807, 2.05) is 30.5 Å². The molecule has 35 heavy (non-hydrogen) atoms. The van der Waals surface area contributed by atoms with Gasteiger partial charge in [-0.05, 0) is 41.5 Å². The molecule has 186 valence electrons. The average molecular weight is 477 g/mol. The Morgan fingerprint density at radius 3 is 2.40 bits per heavy atom. The summed E-state index contributed by atoms with van der Waals surface area (Å²) in [5.41, 5.74) is 4.68.